The van der Waals surface area contributed by atoms with Crippen LogP contribution >= 0.6 is 0 Å². The van der Waals surface area contributed by atoms with Gasteiger partial charge in [-0.1, -0.05) is 25.5 Å². The number of amides is 1. The third kappa shape index (κ3) is 4.64. The molecule has 0 spiro atoms. The third-order valence-electron chi connectivity index (χ3n) is 5.51. The number of aryl methyl sites for hydroxylation is 1. The van der Waals surface area contributed by atoms with Crippen molar-refractivity contribution >= 4 is 17.4 Å². The molecule has 1 aliphatic heterocycles. The molecule has 1 unspecified atom stereocenters. The number of hydrogen-bond donors (Lipinski definition) is 1. The molecule has 170 valence electrons. The topological polar surface area (TPSA) is 76.1 Å². The zero-order valence-electron chi connectivity index (χ0n) is 19.3. The number of ketones is 1. The summed E-state index contributed by atoms with van der Waals surface area (Å²) < 4.78 is 11.1. The number of carbonyl (C=O) groups is 2. The molecule has 6 nitrogen and oxygen atoms in total. The maximum Gasteiger partial charge on any atom is 0.295 e. The lowest BCUT2D eigenvalue weighted by Gasteiger charge is -2.25. The average Bonchev–Trinajstić information content (AvgIpc) is 3.01. The molecule has 1 saturated heterocycles. The Bertz CT molecular complexity index is 1040. The van der Waals surface area contributed by atoms with Gasteiger partial charge in [-0.2, -0.15) is 0 Å². The molecule has 0 bridgehead atoms. The molecular weight excluding hydrogens is 406 g/mol. The van der Waals surface area contributed by atoms with Crippen molar-refractivity contribution in [3.63, 3.8) is 0 Å². The van der Waals surface area contributed by atoms with Gasteiger partial charge in [0.15, 0.2) is 0 Å². The maximum atomic E-state index is 13.1. The molecule has 2 aromatic rings. The molecular formula is C26H31NO5. The molecule has 0 saturated carbocycles. The molecule has 1 atom stereocenters. The number of hydrogen-bond acceptors (Lipinski definition) is 5. The molecule has 1 aliphatic rings. The van der Waals surface area contributed by atoms with Crippen molar-refractivity contribution in [3.8, 4) is 11.5 Å². The highest BCUT2D eigenvalue weighted by Gasteiger charge is 2.45. The number of rotatable bonds is 8. The van der Waals surface area contributed by atoms with E-state index in [1.807, 2.05) is 52.0 Å². The van der Waals surface area contributed by atoms with Gasteiger partial charge in [0.25, 0.3) is 11.7 Å². The largest absolute Gasteiger partial charge is 0.507 e. The van der Waals surface area contributed by atoms with Crippen molar-refractivity contribution in [1.29, 1.82) is 0 Å². The monoisotopic (exact) mass is 437 g/mol. The Morgan fingerprint density at radius 1 is 1.16 bits per heavy atom. The van der Waals surface area contributed by atoms with E-state index in [1.54, 1.807) is 30.2 Å². The standard InChI is InChI=1S/C26H31NO5/c1-6-7-13-27-23(18-9-8-10-20(15-18)32-16(2)3)22(25(29)26(27)30)24(28)19-11-12-21(31-5)17(4)14-19/h8-12,14-16,23,28H,6-7,13H2,1-5H3/b24-22+. The molecule has 0 aliphatic carbocycles. The number of aliphatic hydroxyl groups excluding tert-OH is 1. The quantitative estimate of drug-likeness (QED) is 0.357. The van der Waals surface area contributed by atoms with E-state index in [9.17, 15) is 14.7 Å². The second kappa shape index (κ2) is 9.90. The first kappa shape index (κ1) is 23.4. The van der Waals surface area contributed by atoms with Crippen LogP contribution in [0.1, 0.15) is 56.3 Å². The average molecular weight is 438 g/mol. The highest BCUT2D eigenvalue weighted by molar-refractivity contribution is 6.46. The number of unbranched alkanes of at least 4 members (excludes halogenated alkanes) is 1. The number of methoxy groups -OCH3 is 1. The van der Waals surface area contributed by atoms with Gasteiger partial charge in [0.1, 0.15) is 17.3 Å². The minimum absolute atomic E-state index is 0.0148. The van der Waals surface area contributed by atoms with E-state index in [1.165, 1.54) is 0 Å². The molecule has 1 heterocycles. The Labute approximate surface area is 189 Å². The summed E-state index contributed by atoms with van der Waals surface area (Å²) in [4.78, 5) is 27.6. The Morgan fingerprint density at radius 2 is 1.91 bits per heavy atom. The van der Waals surface area contributed by atoms with Gasteiger partial charge in [-0.05, 0) is 68.7 Å². The van der Waals surface area contributed by atoms with Gasteiger partial charge in [-0.15, -0.1) is 0 Å². The first-order valence-electron chi connectivity index (χ1n) is 11.0. The first-order valence-corrected chi connectivity index (χ1v) is 11.0. The van der Waals surface area contributed by atoms with Crippen LogP contribution in [-0.4, -0.2) is 41.5 Å². The van der Waals surface area contributed by atoms with Crippen LogP contribution in [0, 0.1) is 6.92 Å². The van der Waals surface area contributed by atoms with Crippen molar-refractivity contribution in [3.05, 3.63) is 64.7 Å². The fourth-order valence-electron chi connectivity index (χ4n) is 4.00. The number of aliphatic hydroxyl groups is 1. The minimum atomic E-state index is -0.681. The third-order valence-corrected chi connectivity index (χ3v) is 5.51. The van der Waals surface area contributed by atoms with Crippen LogP contribution in [0.4, 0.5) is 0 Å². The Morgan fingerprint density at radius 3 is 2.53 bits per heavy atom. The van der Waals surface area contributed by atoms with Crippen LogP contribution in [0.5, 0.6) is 11.5 Å². The lowest BCUT2D eigenvalue weighted by molar-refractivity contribution is -0.139. The SMILES string of the molecule is CCCCN1C(=O)C(=O)/C(=C(/O)c2ccc(OC)c(C)c2)C1c1cccc(OC(C)C)c1. The van der Waals surface area contributed by atoms with Crippen LogP contribution in [0.3, 0.4) is 0 Å². The number of Topliss-reactive ketones (excluding diaryl/α,β-unsaturated/α-hetero) is 1. The Hall–Kier alpha value is -3.28. The predicted octanol–water partition coefficient (Wildman–Crippen LogP) is 5.01. The van der Waals surface area contributed by atoms with Crippen LogP contribution < -0.4 is 9.47 Å². The van der Waals surface area contributed by atoms with Gasteiger partial charge >= 0.3 is 0 Å². The van der Waals surface area contributed by atoms with Crippen molar-refractivity contribution < 1.29 is 24.2 Å². The van der Waals surface area contributed by atoms with Crippen molar-refractivity contribution in [2.45, 2.75) is 52.7 Å². The minimum Gasteiger partial charge on any atom is -0.507 e. The Balaban J connectivity index is 2.15. The lowest BCUT2D eigenvalue weighted by Crippen LogP contribution is -2.30. The summed E-state index contributed by atoms with van der Waals surface area (Å²) in [5, 5.41) is 11.2. The number of benzene rings is 2. The smallest absolute Gasteiger partial charge is 0.295 e. The summed E-state index contributed by atoms with van der Waals surface area (Å²) >= 11 is 0. The van der Waals surface area contributed by atoms with E-state index in [0.717, 1.165) is 24.0 Å². The first-order chi connectivity index (χ1) is 15.3. The fourth-order valence-corrected chi connectivity index (χ4v) is 4.00. The summed E-state index contributed by atoms with van der Waals surface area (Å²) in [5.41, 5.74) is 2.11. The van der Waals surface area contributed by atoms with Crippen LogP contribution in [-0.2, 0) is 9.59 Å². The zero-order chi connectivity index (χ0) is 23.4. The number of nitrogens with zero attached hydrogens (tertiary/aromatic N) is 1. The second-order valence-electron chi connectivity index (χ2n) is 8.27. The van der Waals surface area contributed by atoms with Crippen molar-refractivity contribution in [2.24, 2.45) is 0 Å². The summed E-state index contributed by atoms with van der Waals surface area (Å²) in [6, 6.07) is 11.9. The van der Waals surface area contributed by atoms with E-state index < -0.39 is 17.7 Å². The lowest BCUT2D eigenvalue weighted by atomic mass is 9.94. The highest BCUT2D eigenvalue weighted by Crippen LogP contribution is 2.40. The normalized spacial score (nSPS) is 17.8. The van der Waals surface area contributed by atoms with E-state index in [0.29, 0.717) is 23.6 Å². The van der Waals surface area contributed by atoms with E-state index in [4.69, 9.17) is 9.47 Å². The summed E-state index contributed by atoms with van der Waals surface area (Å²) in [6.45, 7) is 8.19. The molecule has 0 radical (unpaired) electrons. The molecule has 3 rings (SSSR count). The molecule has 0 aromatic heterocycles. The number of ether oxygens (including phenoxy) is 2. The van der Waals surface area contributed by atoms with Gasteiger partial charge in [0, 0.05) is 12.1 Å². The van der Waals surface area contributed by atoms with Gasteiger partial charge in [-0.25, -0.2) is 0 Å². The van der Waals surface area contributed by atoms with E-state index in [2.05, 4.69) is 0 Å². The molecule has 32 heavy (non-hydrogen) atoms. The summed E-state index contributed by atoms with van der Waals surface area (Å²) in [5.74, 6) is -0.121. The van der Waals surface area contributed by atoms with Crippen LogP contribution in [0.15, 0.2) is 48.0 Å². The second-order valence-corrected chi connectivity index (χ2v) is 8.27. The predicted molar refractivity (Wildman–Crippen MR) is 124 cm³/mol. The van der Waals surface area contributed by atoms with Crippen LogP contribution in [0.25, 0.3) is 5.76 Å². The zero-order valence-corrected chi connectivity index (χ0v) is 19.3. The Kier molecular flexibility index (Phi) is 7.23. The molecule has 6 heteroatoms. The van der Waals surface area contributed by atoms with Crippen molar-refractivity contribution in [2.75, 3.05) is 13.7 Å². The highest BCUT2D eigenvalue weighted by atomic mass is 16.5. The van der Waals surface area contributed by atoms with Gasteiger partial charge in [-0.3, -0.25) is 9.59 Å². The summed E-state index contributed by atoms with van der Waals surface area (Å²) in [6.07, 6.45) is 1.62. The van der Waals surface area contributed by atoms with E-state index >= 15 is 0 Å². The number of carbonyl (C=O) groups excluding carboxylic acids is 2. The van der Waals surface area contributed by atoms with Gasteiger partial charge < -0.3 is 19.5 Å². The maximum absolute atomic E-state index is 13.1. The van der Waals surface area contributed by atoms with Gasteiger partial charge in [0.2, 0.25) is 0 Å². The number of likely N-dealkylation sites (tertiary alicyclic amines) is 1. The van der Waals surface area contributed by atoms with E-state index in [-0.39, 0.29) is 17.4 Å². The fraction of sp³-hybridized carbons (Fsp3) is 0.385. The van der Waals surface area contributed by atoms with Crippen molar-refractivity contribution in [1.82, 2.24) is 4.90 Å². The molecule has 1 amide bonds. The van der Waals surface area contributed by atoms with Crippen LogP contribution in [0.2, 0.25) is 0 Å². The molecule has 1 fully saturated rings. The summed E-state index contributed by atoms with van der Waals surface area (Å²) in [7, 11) is 1.58. The molecule has 2 aromatic carbocycles. The van der Waals surface area contributed by atoms with Gasteiger partial charge in [0.05, 0.1) is 24.8 Å². The molecule has 1 N–H and O–H groups in total.